The first kappa shape index (κ1) is 102. The van der Waals surface area contributed by atoms with Crippen LogP contribution in [0.15, 0.2) is 128 Å². The maximum atomic E-state index is 15.6. The summed E-state index contributed by atoms with van der Waals surface area (Å²) in [5.74, 6) is -26.0. The molecule has 1 aromatic heterocycles. The summed E-state index contributed by atoms with van der Waals surface area (Å²) >= 11 is 0.622. The van der Waals surface area contributed by atoms with Crippen LogP contribution < -0.4 is 65.1 Å². The predicted octanol–water partition coefficient (Wildman–Crippen LogP) is -0.990. The van der Waals surface area contributed by atoms with Crippen molar-refractivity contribution in [2.75, 3.05) is 58.8 Å². The van der Waals surface area contributed by atoms with Crippen LogP contribution in [0, 0.1) is 23.4 Å². The zero-order valence-electron chi connectivity index (χ0n) is 73.7. The largest absolute Gasteiger partial charge is 0.508 e. The second-order valence-electron chi connectivity index (χ2n) is 33.3. The van der Waals surface area contributed by atoms with Crippen molar-refractivity contribution < 1.29 is 110 Å². The van der Waals surface area contributed by atoms with Crippen molar-refractivity contribution in [3.8, 4) is 5.75 Å². The molecule has 710 valence electrons. The number of hydrogen-bond acceptors (Lipinski definition) is 21. The molecule has 42 heteroatoms. The fourth-order valence-corrected chi connectivity index (χ4v) is 16.9. The summed E-state index contributed by atoms with van der Waals surface area (Å²) in [5.41, 5.74) is 19.1. The number of phenolic OH excluding ortho intramolecular Hbond substituents is 1. The zero-order chi connectivity index (χ0) is 96.5. The molecule has 19 N–H and O–H groups in total. The number of likely N-dealkylation sites (N-methyl/N-ethyl adjacent to an activating group) is 3. The fourth-order valence-electron chi connectivity index (χ4n) is 16.0. The smallest absolute Gasteiger partial charge is 0.305 e. The summed E-state index contributed by atoms with van der Waals surface area (Å²) in [5, 5.41) is 55.4. The lowest BCUT2D eigenvalue weighted by molar-refractivity contribution is -0.152. The minimum absolute atomic E-state index is 0.0635. The minimum Gasteiger partial charge on any atom is -0.508 e. The van der Waals surface area contributed by atoms with E-state index in [1.54, 1.807) is 98.0 Å². The Morgan fingerprint density at radius 2 is 1.09 bits per heavy atom. The van der Waals surface area contributed by atoms with Gasteiger partial charge in [0.2, 0.25) is 94.5 Å². The lowest BCUT2D eigenvalue weighted by atomic mass is 9.98. The number of unbranched alkanes of at least 4 members (excludes halogenated alkanes) is 1. The number of primary amides is 2. The number of amides is 16. The van der Waals surface area contributed by atoms with Crippen LogP contribution >= 0.6 is 11.8 Å². The maximum Gasteiger partial charge on any atom is 0.305 e. The molecule has 14 atom stereocenters. The molecule has 5 aromatic carbocycles. The number of aliphatic hydroxyl groups is 1. The molecule has 9 rings (SSSR count). The number of rotatable bonds is 23. The van der Waals surface area contributed by atoms with E-state index >= 15 is 51.9 Å². The number of carboxylic acid groups (broad SMARTS) is 1. The molecule has 0 aliphatic carbocycles. The summed E-state index contributed by atoms with van der Waals surface area (Å²) in [7, 11) is 3.66. The highest BCUT2D eigenvalue weighted by Gasteiger charge is 2.47. The van der Waals surface area contributed by atoms with E-state index in [9.17, 15) is 58.1 Å². The summed E-state index contributed by atoms with van der Waals surface area (Å²) in [6.45, 7) is 2.57. The minimum atomic E-state index is -1.98. The van der Waals surface area contributed by atoms with Gasteiger partial charge in [0.15, 0.2) is 17.5 Å². The van der Waals surface area contributed by atoms with Crippen molar-refractivity contribution in [1.82, 2.24) is 77.3 Å². The summed E-state index contributed by atoms with van der Waals surface area (Å²) in [6, 6.07) is 7.48. The number of aromatic hydroxyl groups is 1. The molecule has 3 saturated heterocycles. The average Bonchev–Trinajstić information content (AvgIpc) is 1.56. The first-order chi connectivity index (χ1) is 62.7. The van der Waals surface area contributed by atoms with E-state index in [1.165, 1.54) is 59.3 Å². The van der Waals surface area contributed by atoms with E-state index in [2.05, 4.69) is 52.8 Å². The quantitative estimate of drug-likeness (QED) is 0.0343. The molecule has 6 aromatic rings. The number of benzene rings is 5. The number of halogens is 3. The number of aliphatic carboxylic acids is 1. The highest BCUT2D eigenvalue weighted by Crippen LogP contribution is 2.29. The molecule has 0 radical (unpaired) electrons. The number of H-pyrrole nitrogens is 1. The van der Waals surface area contributed by atoms with E-state index in [4.69, 9.17) is 17.2 Å². The van der Waals surface area contributed by atoms with Gasteiger partial charge in [-0.25, -0.2) is 13.2 Å². The van der Waals surface area contributed by atoms with Gasteiger partial charge in [0.1, 0.15) is 84.3 Å². The molecule has 0 unspecified atom stereocenters. The number of carbonyl (C=O) groups excluding carboxylic acids is 16. The average molecular weight is 1860 g/mol. The van der Waals surface area contributed by atoms with Gasteiger partial charge in [0.25, 0.3) is 0 Å². The number of nitrogens with zero attached hydrogens (tertiary/aromatic N) is 5. The molecule has 0 spiro atoms. The molecular weight excluding hydrogens is 1740 g/mol. The number of hydrogen-bond donors (Lipinski definition) is 16. The van der Waals surface area contributed by atoms with E-state index in [0.717, 1.165) is 24.5 Å². The molecule has 16 amide bonds. The van der Waals surface area contributed by atoms with Crippen molar-refractivity contribution in [3.63, 3.8) is 0 Å². The number of nitrogens with two attached hydrogens (primary N) is 3. The van der Waals surface area contributed by atoms with Gasteiger partial charge >= 0.3 is 5.97 Å². The lowest BCUT2D eigenvalue weighted by Gasteiger charge is -2.38. The van der Waals surface area contributed by atoms with Gasteiger partial charge in [-0.1, -0.05) is 125 Å². The third-order valence-corrected chi connectivity index (χ3v) is 24.3. The van der Waals surface area contributed by atoms with Crippen molar-refractivity contribution >= 4 is 123 Å². The molecule has 3 aliphatic heterocycles. The van der Waals surface area contributed by atoms with Crippen molar-refractivity contribution in [2.24, 2.45) is 23.1 Å². The van der Waals surface area contributed by atoms with Crippen LogP contribution in [0.2, 0.25) is 0 Å². The van der Waals surface area contributed by atoms with Crippen molar-refractivity contribution in [3.05, 3.63) is 173 Å². The number of carboxylic acids is 1. The van der Waals surface area contributed by atoms with Crippen LogP contribution in [-0.4, -0.2) is 289 Å². The van der Waals surface area contributed by atoms with Gasteiger partial charge in [0, 0.05) is 109 Å². The number of thioether (sulfide) groups is 1. The van der Waals surface area contributed by atoms with Crippen LogP contribution in [0.3, 0.4) is 0 Å². The number of fused-ring (bicyclic) bond motifs is 3. The Labute approximate surface area is 762 Å². The van der Waals surface area contributed by atoms with E-state index in [-0.39, 0.29) is 68.4 Å². The number of aromatic nitrogens is 1. The Kier molecular flexibility index (Phi) is 37.1. The second-order valence-corrected chi connectivity index (χ2v) is 34.3. The highest BCUT2D eigenvalue weighted by atomic mass is 32.2. The van der Waals surface area contributed by atoms with Gasteiger partial charge in [-0.2, -0.15) is 0 Å². The summed E-state index contributed by atoms with van der Waals surface area (Å²) in [6.07, 6.45) is -4.09. The fraction of sp³-hybridized carbons (Fsp3) is 0.456. The van der Waals surface area contributed by atoms with Gasteiger partial charge < -0.3 is 110 Å². The molecule has 4 heterocycles. The number of aliphatic hydroxyl groups excluding tert-OH is 1. The molecular formula is C90H113F3N18O20S. The normalized spacial score (nSPS) is 24.2. The number of carbonyl (C=O) groups is 17. The van der Waals surface area contributed by atoms with Crippen LogP contribution in [0.25, 0.3) is 10.9 Å². The van der Waals surface area contributed by atoms with E-state index in [1.807, 2.05) is 0 Å². The van der Waals surface area contributed by atoms with Crippen LogP contribution in [0.5, 0.6) is 5.75 Å². The third-order valence-electron chi connectivity index (χ3n) is 23.2. The first-order valence-corrected chi connectivity index (χ1v) is 44.3. The van der Waals surface area contributed by atoms with E-state index < -0.39 is 278 Å². The van der Waals surface area contributed by atoms with Crippen molar-refractivity contribution in [1.29, 1.82) is 0 Å². The Morgan fingerprint density at radius 3 is 1.70 bits per heavy atom. The standard InChI is InChI=1S/C90H113F3N18O20S/c1-7-8-24-68-89(130)110-32-17-25-67(110)83(124)103-63(41-75(117)118)81(122)106-77(48(2)3)90(131)108(5)69(37-49-18-11-9-12-19-49)84(125)100-60(30-31-72(95)114)87(128)111-45-55(113)40-70(111)85(126)102-62(39-53-43-97-59-23-16-15-22-56(53)59)80(121)101-61(35-51-26-28-54(112)29-27-51)79(120)104-65(42-94)82(123)105-66(78(119)98-44-73(96)115)46-132-47-74(116)99-64(36-52-33-57(91)76(93)58(92)34-52)86(127)109(6)71(88(129)107(68)4)38-50-20-13-10-14-21-50/h9-16,18-23,26-29,33-34,43,48,55,60-71,77,97,112-113H,7-8,17,24-25,30-32,35-42,44-47,94H2,1-6H3,(H2,95,114)(H2,96,115)(H,98,119)(H,99,116)(H,100,125)(H,101,121)(H,102,126)(H,103,124)(H,104,120)(H,105,123)(H,106,122)(H,117,118)/t55-,60+,61+,62+,63+,64+,65+,66+,67-,68+,69+,70+,71+,77+/m1/s1. The van der Waals surface area contributed by atoms with Crippen LogP contribution in [0.1, 0.15) is 106 Å². The number of para-hydroxylation sites is 1. The third kappa shape index (κ3) is 27.8. The molecule has 0 bridgehead atoms. The molecule has 0 saturated carbocycles. The highest BCUT2D eigenvalue weighted by molar-refractivity contribution is 8.00. The SMILES string of the molecule is CCCC[C@H]1C(=O)N2CCC[C@@H]2C(=O)N[C@@H](CC(=O)O)C(=O)N[C@@H](C(C)C)C(=O)N(C)[C@@H](Cc2ccccc2)C(=O)N[C@@H](CCC(N)=O)C(=O)N2C[C@H](O)C[C@H]2C(=O)N[C@@H](Cc2c[nH]c3ccccc23)C(=O)N[C@@H](Cc2ccc(O)cc2)C(=O)N[C@@H](CN)C(=O)N[C@H](C(=O)NCC(N)=O)CSCC(=O)N[C@@H](Cc2cc(F)c(F)c(F)c2)C(=O)N(C)[C@@H](Cc2ccccc2)C(=O)N1C. The number of phenols is 1. The molecule has 3 aliphatic rings. The van der Waals surface area contributed by atoms with Crippen molar-refractivity contribution in [2.45, 2.75) is 195 Å². The monoisotopic (exact) mass is 1850 g/mol. The second kappa shape index (κ2) is 47.9. The Hall–Kier alpha value is -13.5. The topological polar surface area (TPSA) is 569 Å². The lowest BCUT2D eigenvalue weighted by Crippen LogP contribution is -2.62. The Balaban J connectivity index is 1.13. The number of nitrogens with one attached hydrogen (secondary N) is 10. The zero-order valence-corrected chi connectivity index (χ0v) is 74.5. The van der Waals surface area contributed by atoms with Gasteiger partial charge in [-0.05, 0) is 89.8 Å². The number of aromatic amines is 1. The van der Waals surface area contributed by atoms with Crippen LogP contribution in [0.4, 0.5) is 13.2 Å². The maximum absolute atomic E-state index is 15.6. The molecule has 38 nitrogen and oxygen atoms in total. The molecule has 132 heavy (non-hydrogen) atoms. The Bertz CT molecular complexity index is 5170. The first-order valence-electron chi connectivity index (χ1n) is 43.1. The molecule has 3 fully saturated rings. The van der Waals surface area contributed by atoms with E-state index in [0.29, 0.717) is 57.9 Å². The van der Waals surface area contributed by atoms with Gasteiger partial charge in [-0.15, -0.1) is 11.8 Å². The summed E-state index contributed by atoms with van der Waals surface area (Å²) in [4.78, 5) is 257. The van der Waals surface area contributed by atoms with Gasteiger partial charge in [-0.3, -0.25) is 81.5 Å². The van der Waals surface area contributed by atoms with Gasteiger partial charge in [0.05, 0.1) is 24.8 Å². The van der Waals surface area contributed by atoms with Crippen LogP contribution in [-0.2, 0) is 114 Å². The summed E-state index contributed by atoms with van der Waals surface area (Å²) < 4.78 is 45.0. The predicted molar refractivity (Wildman–Crippen MR) is 474 cm³/mol. The Morgan fingerprint density at radius 1 is 0.545 bits per heavy atom.